The van der Waals surface area contributed by atoms with Crippen LogP contribution in [-0.4, -0.2) is 47.0 Å². The minimum Gasteiger partial charge on any atom is -0.457 e. The van der Waals surface area contributed by atoms with E-state index in [0.29, 0.717) is 51.8 Å². The van der Waals surface area contributed by atoms with E-state index in [1.807, 2.05) is 48.5 Å². The normalized spacial score (nSPS) is 18.4. The first kappa shape index (κ1) is 58.4. The lowest BCUT2D eigenvalue weighted by Crippen LogP contribution is -2.35. The molecule has 0 bridgehead atoms. The molecule has 8 nitrogen and oxygen atoms in total. The van der Waals surface area contributed by atoms with Crippen molar-refractivity contribution in [2.24, 2.45) is 23.7 Å². The summed E-state index contributed by atoms with van der Waals surface area (Å²) in [6.45, 7) is 11.8. The molecule has 412 valence electrons. The monoisotopic (exact) mass is 1030 g/mol. The molecule has 4 amide bonds. The number of ether oxygens (including phenoxy) is 2. The van der Waals surface area contributed by atoms with Crippen LogP contribution in [0.15, 0.2) is 84.9 Å². The first-order valence-corrected chi connectivity index (χ1v) is 30.5. The summed E-state index contributed by atoms with van der Waals surface area (Å²) in [6, 6.07) is 26.0. The lowest BCUT2D eigenvalue weighted by Gasteiger charge is -2.44. The van der Waals surface area contributed by atoms with E-state index in [0.717, 1.165) is 59.0 Å². The largest absolute Gasteiger partial charge is 0.457 e. The molecule has 1 aliphatic carbocycles. The number of rotatable bonds is 34. The molecule has 0 N–H and O–H groups in total. The van der Waals surface area contributed by atoms with Gasteiger partial charge in [0.2, 0.25) is 0 Å². The van der Waals surface area contributed by atoms with Gasteiger partial charge in [0.15, 0.2) is 0 Å². The van der Waals surface area contributed by atoms with E-state index >= 15 is 0 Å². The van der Waals surface area contributed by atoms with E-state index in [4.69, 9.17) is 9.47 Å². The molecule has 4 aromatic rings. The van der Waals surface area contributed by atoms with Crippen LogP contribution in [0.3, 0.4) is 0 Å². The molecule has 0 saturated heterocycles. The van der Waals surface area contributed by atoms with Gasteiger partial charge in [-0.15, -0.1) is 0 Å². The summed E-state index contributed by atoms with van der Waals surface area (Å²) < 4.78 is 12.3. The van der Waals surface area contributed by atoms with Gasteiger partial charge in [-0.1, -0.05) is 207 Å². The Morgan fingerprint density at radius 1 is 0.408 bits per heavy atom. The van der Waals surface area contributed by atoms with Crippen molar-refractivity contribution in [3.8, 4) is 23.0 Å². The number of imide groups is 2. The maximum atomic E-state index is 13.6. The first-order valence-electron chi connectivity index (χ1n) is 30.5. The van der Waals surface area contributed by atoms with Gasteiger partial charge in [0.05, 0.1) is 22.3 Å². The van der Waals surface area contributed by atoms with E-state index < -0.39 is 0 Å². The summed E-state index contributed by atoms with van der Waals surface area (Å²) in [6.07, 6.45) is 38.0. The number of amides is 4. The smallest absolute Gasteiger partial charge is 0.261 e. The van der Waals surface area contributed by atoms with Crippen LogP contribution >= 0.6 is 0 Å². The predicted octanol–water partition coefficient (Wildman–Crippen LogP) is 18.9. The van der Waals surface area contributed by atoms with Crippen LogP contribution in [0.2, 0.25) is 0 Å². The average molecular weight is 1040 g/mol. The topological polar surface area (TPSA) is 93.2 Å². The van der Waals surface area contributed by atoms with Gasteiger partial charge in [0.25, 0.3) is 23.6 Å². The van der Waals surface area contributed by atoms with Crippen molar-refractivity contribution in [1.82, 2.24) is 9.80 Å². The molecule has 3 aliphatic rings. The first-order chi connectivity index (χ1) is 36.9. The van der Waals surface area contributed by atoms with Crippen LogP contribution < -0.4 is 9.47 Å². The zero-order valence-corrected chi connectivity index (χ0v) is 47.7. The average Bonchev–Trinajstić information content (AvgIpc) is 3.82. The van der Waals surface area contributed by atoms with Crippen molar-refractivity contribution in [2.75, 3.05) is 13.6 Å². The lowest BCUT2D eigenvalue weighted by molar-refractivity contribution is 0.0581. The fourth-order valence-electron chi connectivity index (χ4n) is 13.0. The minimum atomic E-state index is -0.342. The number of carbonyl (C=O) groups excluding carboxylic acids is 4. The quantitative estimate of drug-likeness (QED) is 0.0342. The number of benzene rings is 4. The second-order valence-corrected chi connectivity index (χ2v) is 23.5. The molecule has 76 heavy (non-hydrogen) atoms. The number of hydrogen-bond donors (Lipinski definition) is 0. The molecule has 1 fully saturated rings. The fourth-order valence-corrected chi connectivity index (χ4v) is 13.0. The summed E-state index contributed by atoms with van der Waals surface area (Å²) in [5, 5.41) is 0. The van der Waals surface area contributed by atoms with Crippen molar-refractivity contribution in [2.45, 2.75) is 220 Å². The number of carbonyl (C=O) groups is 4. The van der Waals surface area contributed by atoms with Gasteiger partial charge in [-0.05, 0) is 128 Å². The zero-order valence-electron chi connectivity index (χ0n) is 47.7. The molecule has 4 unspecified atom stereocenters. The van der Waals surface area contributed by atoms with Crippen molar-refractivity contribution in [3.63, 3.8) is 0 Å². The maximum Gasteiger partial charge on any atom is 0.261 e. The molecule has 4 atom stereocenters. The molecule has 7 rings (SSSR count). The van der Waals surface area contributed by atoms with Crippen LogP contribution in [0.5, 0.6) is 23.0 Å². The van der Waals surface area contributed by atoms with Gasteiger partial charge in [-0.25, -0.2) is 0 Å². The second-order valence-electron chi connectivity index (χ2n) is 23.5. The van der Waals surface area contributed by atoms with Crippen molar-refractivity contribution < 1.29 is 28.7 Å². The Bertz CT molecular complexity index is 2480. The predicted molar refractivity (Wildman–Crippen MR) is 310 cm³/mol. The highest BCUT2D eigenvalue weighted by atomic mass is 16.5. The standard InChI is InChI=1S/C68H94N2O6/c1-7-10-13-16-21-26-31-58-50(29-24-15-12-9-3)33-34-51(59(58)32-27-22-17-14-11-8-2)30-25-20-18-19-23-28-47-70-66(73)61-46-44-57(49-63(61)67(70)74)76-55-41-37-53(38-42-55)68(4,5)52-35-39-54(40-36-52)75-56-43-45-60-62(48-56)65(72)69(6)64(60)71/h35-46,48-51,58-59H,7-34,47H2,1-6H3. The molecule has 4 aromatic carbocycles. The Balaban J connectivity index is 0.844. The van der Waals surface area contributed by atoms with Crippen LogP contribution in [0.1, 0.15) is 267 Å². The molecule has 8 heteroatoms. The Morgan fingerprint density at radius 3 is 1.21 bits per heavy atom. The summed E-state index contributed by atoms with van der Waals surface area (Å²) in [4.78, 5) is 54.5. The van der Waals surface area contributed by atoms with Crippen LogP contribution in [0, 0.1) is 23.7 Å². The molecule has 2 aliphatic heterocycles. The Morgan fingerprint density at radius 2 is 0.750 bits per heavy atom. The van der Waals surface area contributed by atoms with Crippen LogP contribution in [-0.2, 0) is 5.41 Å². The second kappa shape index (κ2) is 29.5. The number of fused-ring (bicyclic) bond motifs is 2. The summed E-state index contributed by atoms with van der Waals surface area (Å²) in [7, 11) is 1.48. The number of hydrogen-bond acceptors (Lipinski definition) is 6. The molecule has 0 spiro atoms. The Kier molecular flexibility index (Phi) is 22.7. The summed E-state index contributed by atoms with van der Waals surface area (Å²) >= 11 is 0. The third-order valence-electron chi connectivity index (χ3n) is 17.7. The zero-order chi connectivity index (χ0) is 53.9. The molecule has 0 aromatic heterocycles. The molecular weight excluding hydrogens is 941 g/mol. The molecular formula is C68H94N2O6. The van der Waals surface area contributed by atoms with Gasteiger partial charge in [-0.3, -0.25) is 29.0 Å². The number of unbranched alkanes of at least 4 members (excludes halogenated alkanes) is 18. The molecule has 0 radical (unpaired) electrons. The Labute approximate surface area is 458 Å². The van der Waals surface area contributed by atoms with Crippen LogP contribution in [0.25, 0.3) is 0 Å². The van der Waals surface area contributed by atoms with Gasteiger partial charge >= 0.3 is 0 Å². The third kappa shape index (κ3) is 15.5. The van der Waals surface area contributed by atoms with Crippen molar-refractivity contribution >= 4 is 23.6 Å². The highest BCUT2D eigenvalue weighted by Gasteiger charge is 2.39. The fraction of sp³-hybridized carbons (Fsp3) is 0.588. The van der Waals surface area contributed by atoms with Gasteiger partial charge in [0.1, 0.15) is 23.0 Å². The van der Waals surface area contributed by atoms with Gasteiger partial charge < -0.3 is 9.47 Å². The number of nitrogens with zero attached hydrogens (tertiary/aromatic N) is 2. The van der Waals surface area contributed by atoms with Gasteiger partial charge in [0, 0.05) is 19.0 Å². The van der Waals surface area contributed by atoms with E-state index in [1.54, 1.807) is 36.4 Å². The molecule has 2 heterocycles. The highest BCUT2D eigenvalue weighted by Crippen LogP contribution is 2.48. The van der Waals surface area contributed by atoms with E-state index in [1.165, 1.54) is 172 Å². The van der Waals surface area contributed by atoms with E-state index in [2.05, 4.69) is 34.6 Å². The summed E-state index contributed by atoms with van der Waals surface area (Å²) in [5.41, 5.74) is 3.43. The van der Waals surface area contributed by atoms with Gasteiger partial charge in [-0.2, -0.15) is 0 Å². The minimum absolute atomic E-state index is 0.204. The Hall–Kier alpha value is -5.24. The van der Waals surface area contributed by atoms with E-state index in [-0.39, 0.29) is 29.0 Å². The van der Waals surface area contributed by atoms with Crippen molar-refractivity contribution in [1.29, 1.82) is 0 Å². The third-order valence-corrected chi connectivity index (χ3v) is 17.7. The van der Waals surface area contributed by atoms with E-state index in [9.17, 15) is 19.2 Å². The highest BCUT2D eigenvalue weighted by molar-refractivity contribution is 6.22. The molecule has 1 saturated carbocycles. The van der Waals surface area contributed by atoms with Crippen molar-refractivity contribution in [3.05, 3.63) is 118 Å². The lowest BCUT2D eigenvalue weighted by atomic mass is 9.61. The van der Waals surface area contributed by atoms with Crippen LogP contribution in [0.4, 0.5) is 0 Å². The summed E-state index contributed by atoms with van der Waals surface area (Å²) in [5.74, 6) is 4.93. The maximum absolute atomic E-state index is 13.6. The SMILES string of the molecule is CCCCCCCCC1C(CCCCCC)CCC(CCCCCCCCN2C(=O)c3ccc(Oc4ccc(C(C)(C)c5ccc(Oc6ccc7c(c6)C(=O)N(C)C7=O)cc5)cc4)cc3C2=O)C1CCCCCCCC.